The van der Waals surface area contributed by atoms with E-state index in [1.807, 2.05) is 31.2 Å². The van der Waals surface area contributed by atoms with Crippen LogP contribution in [-0.2, 0) is 10.4 Å². The SMILES string of the molecule is CC(C)(C)C1=NOC(C)(c2nc3ccccc3[nH]2)C1. The van der Waals surface area contributed by atoms with Crippen LogP contribution in [0.3, 0.4) is 0 Å². The lowest BCUT2D eigenvalue weighted by atomic mass is 9.84. The van der Waals surface area contributed by atoms with Gasteiger partial charge in [-0.15, -0.1) is 0 Å². The molecule has 4 heteroatoms. The predicted octanol–water partition coefficient (Wildman–Crippen LogP) is 3.60. The number of imidazole rings is 1. The number of benzene rings is 1. The van der Waals surface area contributed by atoms with Crippen LogP contribution in [0.15, 0.2) is 29.4 Å². The largest absolute Gasteiger partial charge is 0.381 e. The van der Waals surface area contributed by atoms with Gasteiger partial charge in [0.05, 0.1) is 16.7 Å². The van der Waals surface area contributed by atoms with Gasteiger partial charge in [-0.3, -0.25) is 0 Å². The number of hydrogen-bond acceptors (Lipinski definition) is 3. The van der Waals surface area contributed by atoms with Gasteiger partial charge in [0.15, 0.2) is 11.4 Å². The van der Waals surface area contributed by atoms with Gasteiger partial charge in [0.2, 0.25) is 0 Å². The Balaban J connectivity index is 1.95. The minimum absolute atomic E-state index is 0.0315. The molecule has 0 bridgehead atoms. The Labute approximate surface area is 112 Å². The molecule has 2 heterocycles. The third-order valence-corrected chi connectivity index (χ3v) is 3.62. The summed E-state index contributed by atoms with van der Waals surface area (Å²) >= 11 is 0. The molecule has 1 unspecified atom stereocenters. The average Bonchev–Trinajstić information content (AvgIpc) is 2.92. The molecule has 1 atom stereocenters. The lowest BCUT2D eigenvalue weighted by Crippen LogP contribution is -2.27. The Hall–Kier alpha value is -1.84. The molecule has 0 radical (unpaired) electrons. The van der Waals surface area contributed by atoms with Gasteiger partial charge in [0, 0.05) is 11.8 Å². The normalized spacial score (nSPS) is 23.5. The molecule has 1 aromatic heterocycles. The fraction of sp³-hybridized carbons (Fsp3) is 0.467. The second-order valence-corrected chi connectivity index (χ2v) is 6.39. The van der Waals surface area contributed by atoms with E-state index in [0.717, 1.165) is 29.0 Å². The minimum Gasteiger partial charge on any atom is -0.381 e. The van der Waals surface area contributed by atoms with Crippen LogP contribution < -0.4 is 0 Å². The first-order valence-corrected chi connectivity index (χ1v) is 6.59. The van der Waals surface area contributed by atoms with E-state index in [9.17, 15) is 0 Å². The number of para-hydroxylation sites is 2. The van der Waals surface area contributed by atoms with Gasteiger partial charge >= 0.3 is 0 Å². The summed E-state index contributed by atoms with van der Waals surface area (Å²) < 4.78 is 0. The van der Waals surface area contributed by atoms with E-state index in [0.29, 0.717) is 0 Å². The first-order valence-electron chi connectivity index (χ1n) is 6.59. The number of rotatable bonds is 1. The molecular weight excluding hydrogens is 238 g/mol. The van der Waals surface area contributed by atoms with Gasteiger partial charge in [-0.05, 0) is 19.1 Å². The van der Waals surface area contributed by atoms with Crippen molar-refractivity contribution in [3.8, 4) is 0 Å². The van der Waals surface area contributed by atoms with Crippen molar-refractivity contribution in [1.29, 1.82) is 0 Å². The lowest BCUT2D eigenvalue weighted by Gasteiger charge is -2.21. The smallest absolute Gasteiger partial charge is 0.197 e. The number of aromatic amines is 1. The number of H-pyrrole nitrogens is 1. The Morgan fingerprint density at radius 3 is 2.63 bits per heavy atom. The van der Waals surface area contributed by atoms with Crippen LogP contribution in [0.4, 0.5) is 0 Å². The van der Waals surface area contributed by atoms with Crippen molar-refractivity contribution >= 4 is 16.7 Å². The summed E-state index contributed by atoms with van der Waals surface area (Å²) in [5.74, 6) is 0.844. The molecule has 0 amide bonds. The molecule has 0 saturated heterocycles. The Morgan fingerprint density at radius 1 is 1.26 bits per heavy atom. The van der Waals surface area contributed by atoms with Gasteiger partial charge in [0.1, 0.15) is 0 Å². The molecule has 0 spiro atoms. The molecule has 3 rings (SSSR count). The molecule has 1 N–H and O–H groups in total. The standard InChI is InChI=1S/C15H19N3O/c1-14(2,3)12-9-15(4,19-18-12)13-16-10-7-5-6-8-11(10)17-13/h5-8H,9H2,1-4H3,(H,16,17). The summed E-state index contributed by atoms with van der Waals surface area (Å²) in [5, 5.41) is 4.26. The second-order valence-electron chi connectivity index (χ2n) is 6.39. The summed E-state index contributed by atoms with van der Waals surface area (Å²) in [6.07, 6.45) is 0.774. The van der Waals surface area contributed by atoms with Crippen LogP contribution in [0.2, 0.25) is 0 Å². The number of nitrogens with one attached hydrogen (secondary N) is 1. The zero-order chi connectivity index (χ0) is 13.7. The van der Waals surface area contributed by atoms with E-state index in [1.54, 1.807) is 0 Å². The summed E-state index contributed by atoms with van der Waals surface area (Å²) in [6, 6.07) is 8.01. The van der Waals surface area contributed by atoms with E-state index in [2.05, 4.69) is 35.9 Å². The van der Waals surface area contributed by atoms with Crippen LogP contribution in [0, 0.1) is 5.41 Å². The third kappa shape index (κ3) is 2.01. The van der Waals surface area contributed by atoms with Crippen molar-refractivity contribution in [1.82, 2.24) is 9.97 Å². The van der Waals surface area contributed by atoms with Crippen molar-refractivity contribution in [2.45, 2.75) is 39.7 Å². The highest BCUT2D eigenvalue weighted by Gasteiger charge is 2.42. The van der Waals surface area contributed by atoms with Crippen LogP contribution in [0.5, 0.6) is 0 Å². The maximum atomic E-state index is 5.69. The first-order chi connectivity index (χ1) is 8.88. The van der Waals surface area contributed by atoms with Crippen LogP contribution in [0.25, 0.3) is 11.0 Å². The quantitative estimate of drug-likeness (QED) is 0.848. The molecule has 0 aliphatic carbocycles. The zero-order valence-electron chi connectivity index (χ0n) is 11.8. The average molecular weight is 257 g/mol. The van der Waals surface area contributed by atoms with Crippen molar-refractivity contribution in [2.75, 3.05) is 0 Å². The van der Waals surface area contributed by atoms with Crippen molar-refractivity contribution in [3.05, 3.63) is 30.1 Å². The number of oxime groups is 1. The molecule has 1 aliphatic heterocycles. The summed E-state index contributed by atoms with van der Waals surface area (Å²) in [4.78, 5) is 13.7. The number of aromatic nitrogens is 2. The Kier molecular flexibility index (Phi) is 2.46. The third-order valence-electron chi connectivity index (χ3n) is 3.62. The molecule has 1 aromatic carbocycles. The van der Waals surface area contributed by atoms with E-state index >= 15 is 0 Å². The van der Waals surface area contributed by atoms with E-state index in [-0.39, 0.29) is 5.41 Å². The van der Waals surface area contributed by atoms with Crippen LogP contribution in [0.1, 0.15) is 39.9 Å². The van der Waals surface area contributed by atoms with Gasteiger partial charge in [-0.25, -0.2) is 4.98 Å². The number of hydrogen-bond donors (Lipinski definition) is 1. The van der Waals surface area contributed by atoms with Gasteiger partial charge in [0.25, 0.3) is 0 Å². The topological polar surface area (TPSA) is 50.3 Å². The zero-order valence-corrected chi connectivity index (χ0v) is 11.8. The summed E-state index contributed by atoms with van der Waals surface area (Å²) in [5.41, 5.74) is 2.62. The molecule has 1 aliphatic rings. The predicted molar refractivity (Wildman–Crippen MR) is 76.0 cm³/mol. The highest BCUT2D eigenvalue weighted by Crippen LogP contribution is 2.38. The molecule has 0 fully saturated rings. The molecular formula is C15H19N3O. The summed E-state index contributed by atoms with van der Waals surface area (Å²) in [7, 11) is 0. The van der Waals surface area contributed by atoms with E-state index < -0.39 is 5.60 Å². The van der Waals surface area contributed by atoms with E-state index in [4.69, 9.17) is 4.84 Å². The van der Waals surface area contributed by atoms with Gasteiger partial charge < -0.3 is 9.82 Å². The Bertz CT molecular complexity index is 618. The first kappa shape index (κ1) is 12.2. The monoisotopic (exact) mass is 257 g/mol. The molecule has 100 valence electrons. The minimum atomic E-state index is -0.484. The lowest BCUT2D eigenvalue weighted by molar-refractivity contribution is -0.0135. The number of fused-ring (bicyclic) bond motifs is 1. The highest BCUT2D eigenvalue weighted by atomic mass is 16.7. The second kappa shape index (κ2) is 3.83. The van der Waals surface area contributed by atoms with Crippen molar-refractivity contribution in [3.63, 3.8) is 0 Å². The fourth-order valence-corrected chi connectivity index (χ4v) is 2.27. The molecule has 19 heavy (non-hydrogen) atoms. The maximum absolute atomic E-state index is 5.69. The highest BCUT2D eigenvalue weighted by molar-refractivity contribution is 5.90. The van der Waals surface area contributed by atoms with Crippen molar-refractivity contribution < 1.29 is 4.84 Å². The van der Waals surface area contributed by atoms with E-state index in [1.165, 1.54) is 0 Å². The summed E-state index contributed by atoms with van der Waals surface area (Å²) in [6.45, 7) is 8.49. The number of nitrogens with zero attached hydrogens (tertiary/aromatic N) is 2. The van der Waals surface area contributed by atoms with Gasteiger partial charge in [-0.2, -0.15) is 0 Å². The van der Waals surface area contributed by atoms with Crippen molar-refractivity contribution in [2.24, 2.45) is 10.6 Å². The molecule has 4 nitrogen and oxygen atoms in total. The van der Waals surface area contributed by atoms with Crippen LogP contribution in [-0.4, -0.2) is 15.7 Å². The Morgan fingerprint density at radius 2 is 2.00 bits per heavy atom. The maximum Gasteiger partial charge on any atom is 0.197 e. The fourth-order valence-electron chi connectivity index (χ4n) is 2.27. The van der Waals surface area contributed by atoms with Crippen LogP contribution >= 0.6 is 0 Å². The van der Waals surface area contributed by atoms with Gasteiger partial charge in [-0.1, -0.05) is 38.1 Å². The molecule has 0 saturated carbocycles. The molecule has 2 aromatic rings.